The minimum absolute atomic E-state index is 0.162. The zero-order chi connectivity index (χ0) is 24.8. The van der Waals surface area contributed by atoms with E-state index in [-0.39, 0.29) is 11.3 Å². The number of halogens is 1. The summed E-state index contributed by atoms with van der Waals surface area (Å²) in [7, 11) is 1.89. The van der Waals surface area contributed by atoms with Gasteiger partial charge in [-0.2, -0.15) is 0 Å². The maximum absolute atomic E-state index is 12.7. The molecule has 0 unspecified atom stereocenters. The van der Waals surface area contributed by atoms with Crippen LogP contribution in [0.2, 0.25) is 5.02 Å². The number of hydrogen-bond donors (Lipinski definition) is 2. The van der Waals surface area contributed by atoms with Crippen molar-refractivity contribution in [3.05, 3.63) is 111 Å². The average Bonchev–Trinajstić information content (AvgIpc) is 3.27. The number of nitrogens with one attached hydrogen (secondary N) is 2. The summed E-state index contributed by atoms with van der Waals surface area (Å²) in [5.74, 6) is 0.941. The van der Waals surface area contributed by atoms with E-state index < -0.39 is 10.8 Å². The smallest absolute Gasteiger partial charge is 0.293 e. The fourth-order valence-electron chi connectivity index (χ4n) is 3.33. The van der Waals surface area contributed by atoms with Crippen LogP contribution in [-0.2, 0) is 20.2 Å². The Kier molecular flexibility index (Phi) is 7.27. The van der Waals surface area contributed by atoms with Gasteiger partial charge in [0, 0.05) is 48.3 Å². The van der Waals surface area contributed by atoms with Crippen molar-refractivity contribution in [2.45, 2.75) is 13.2 Å². The Morgan fingerprint density at radius 2 is 1.91 bits per heavy atom. The molecule has 1 aromatic heterocycles. The number of aryl methyl sites for hydroxylation is 1. The quantitative estimate of drug-likeness (QED) is 0.239. The molecule has 10 heteroatoms. The van der Waals surface area contributed by atoms with Gasteiger partial charge < -0.3 is 19.9 Å². The van der Waals surface area contributed by atoms with Gasteiger partial charge in [-0.1, -0.05) is 29.8 Å². The fraction of sp³-hybridized carbons (Fsp3) is 0.120. The molecular formula is C25H22ClN5O4. The SMILES string of the molecule is Cn1ccnc1COc1ccc(NC(=O)c2ccc(NCc3ccccc3Cl)c([N+](=O)[O-])c2)cc1. The Balaban J connectivity index is 1.40. The molecule has 1 amide bonds. The minimum atomic E-state index is -0.528. The van der Waals surface area contributed by atoms with E-state index in [9.17, 15) is 14.9 Å². The molecule has 0 spiro atoms. The molecule has 0 bridgehead atoms. The number of ether oxygens (including phenoxy) is 1. The number of hydrogen-bond acceptors (Lipinski definition) is 6. The predicted octanol–water partition coefficient (Wildman–Crippen LogP) is 5.43. The molecule has 0 atom stereocenters. The average molecular weight is 492 g/mol. The fourth-order valence-corrected chi connectivity index (χ4v) is 3.53. The van der Waals surface area contributed by atoms with E-state index in [1.165, 1.54) is 18.2 Å². The predicted molar refractivity (Wildman–Crippen MR) is 134 cm³/mol. The number of imidazole rings is 1. The number of carbonyl (C=O) groups is 1. The second-order valence-electron chi connectivity index (χ2n) is 7.66. The highest BCUT2D eigenvalue weighted by molar-refractivity contribution is 6.31. The Hall–Kier alpha value is -4.37. The third-order valence-corrected chi connectivity index (χ3v) is 5.65. The van der Waals surface area contributed by atoms with Gasteiger partial charge in [0.2, 0.25) is 0 Å². The molecule has 35 heavy (non-hydrogen) atoms. The third-order valence-electron chi connectivity index (χ3n) is 5.28. The van der Waals surface area contributed by atoms with Crippen LogP contribution in [0.15, 0.2) is 79.1 Å². The molecule has 3 aromatic carbocycles. The normalized spacial score (nSPS) is 10.6. The molecule has 4 aromatic rings. The van der Waals surface area contributed by atoms with E-state index in [0.29, 0.717) is 35.3 Å². The monoisotopic (exact) mass is 491 g/mol. The highest BCUT2D eigenvalue weighted by Gasteiger charge is 2.18. The van der Waals surface area contributed by atoms with Crippen molar-refractivity contribution in [2.75, 3.05) is 10.6 Å². The van der Waals surface area contributed by atoms with Crippen molar-refractivity contribution in [1.29, 1.82) is 0 Å². The van der Waals surface area contributed by atoms with Crippen molar-refractivity contribution in [2.24, 2.45) is 7.05 Å². The lowest BCUT2D eigenvalue weighted by Crippen LogP contribution is -2.13. The number of nitrogens with zero attached hydrogens (tertiary/aromatic N) is 3. The van der Waals surface area contributed by atoms with Gasteiger partial charge in [-0.15, -0.1) is 0 Å². The number of carbonyl (C=O) groups excluding carboxylic acids is 1. The molecule has 0 radical (unpaired) electrons. The van der Waals surface area contributed by atoms with Crippen molar-refractivity contribution >= 4 is 34.6 Å². The Bertz CT molecular complexity index is 1350. The molecule has 0 aliphatic rings. The highest BCUT2D eigenvalue weighted by atomic mass is 35.5. The zero-order valence-electron chi connectivity index (χ0n) is 18.8. The summed E-state index contributed by atoms with van der Waals surface area (Å²) in [5, 5.41) is 18.0. The second kappa shape index (κ2) is 10.7. The van der Waals surface area contributed by atoms with Gasteiger partial charge in [0.25, 0.3) is 11.6 Å². The molecule has 0 saturated carbocycles. The van der Waals surface area contributed by atoms with E-state index in [0.717, 1.165) is 11.4 Å². The van der Waals surface area contributed by atoms with Gasteiger partial charge in [0.1, 0.15) is 23.9 Å². The van der Waals surface area contributed by atoms with Gasteiger partial charge in [0.05, 0.1) is 4.92 Å². The van der Waals surface area contributed by atoms with Crippen LogP contribution < -0.4 is 15.4 Å². The van der Waals surface area contributed by atoms with Gasteiger partial charge in [-0.3, -0.25) is 14.9 Å². The van der Waals surface area contributed by atoms with E-state index in [1.807, 2.05) is 36.0 Å². The maximum atomic E-state index is 12.7. The van der Waals surface area contributed by atoms with Crippen LogP contribution in [0.25, 0.3) is 0 Å². The first-order valence-electron chi connectivity index (χ1n) is 10.7. The molecule has 9 nitrogen and oxygen atoms in total. The van der Waals surface area contributed by atoms with Crippen molar-refractivity contribution in [3.8, 4) is 5.75 Å². The van der Waals surface area contributed by atoms with E-state index in [2.05, 4.69) is 15.6 Å². The molecule has 0 fully saturated rings. The van der Waals surface area contributed by atoms with Crippen LogP contribution in [-0.4, -0.2) is 20.4 Å². The number of aromatic nitrogens is 2. The summed E-state index contributed by atoms with van der Waals surface area (Å²) in [4.78, 5) is 28.0. The molecule has 178 valence electrons. The third kappa shape index (κ3) is 5.96. The number of anilines is 2. The molecule has 2 N–H and O–H groups in total. The zero-order valence-corrected chi connectivity index (χ0v) is 19.5. The van der Waals surface area contributed by atoms with Crippen LogP contribution in [0.4, 0.5) is 17.1 Å². The minimum Gasteiger partial charge on any atom is -0.486 e. The molecule has 0 saturated heterocycles. The summed E-state index contributed by atoms with van der Waals surface area (Å²) in [6.07, 6.45) is 3.53. The van der Waals surface area contributed by atoms with Crippen LogP contribution >= 0.6 is 11.6 Å². The first-order valence-corrected chi connectivity index (χ1v) is 11.0. The molecule has 4 rings (SSSR count). The highest BCUT2D eigenvalue weighted by Crippen LogP contribution is 2.28. The first kappa shape index (κ1) is 23.8. The van der Waals surface area contributed by atoms with Crippen molar-refractivity contribution in [3.63, 3.8) is 0 Å². The first-order chi connectivity index (χ1) is 16.9. The van der Waals surface area contributed by atoms with E-state index in [1.54, 1.807) is 36.5 Å². The Morgan fingerprint density at radius 1 is 1.14 bits per heavy atom. The standard InChI is InChI=1S/C25H22ClN5O4/c1-30-13-12-27-24(30)16-35-20-9-7-19(8-10-20)29-25(32)17-6-11-22(23(14-17)31(33)34)28-15-18-4-2-3-5-21(18)26/h2-14,28H,15-16H2,1H3,(H,29,32). The van der Waals surface area contributed by atoms with E-state index >= 15 is 0 Å². The van der Waals surface area contributed by atoms with Gasteiger partial charge in [-0.05, 0) is 48.0 Å². The van der Waals surface area contributed by atoms with Crippen molar-refractivity contribution < 1.29 is 14.5 Å². The van der Waals surface area contributed by atoms with Crippen LogP contribution in [0, 0.1) is 10.1 Å². The number of rotatable bonds is 9. The van der Waals surface area contributed by atoms with Gasteiger partial charge >= 0.3 is 0 Å². The summed E-state index contributed by atoms with van der Waals surface area (Å²) in [6, 6.07) is 18.4. The lowest BCUT2D eigenvalue weighted by Gasteiger charge is -2.11. The molecule has 0 aliphatic carbocycles. The van der Waals surface area contributed by atoms with Crippen molar-refractivity contribution in [1.82, 2.24) is 9.55 Å². The number of amides is 1. The van der Waals surface area contributed by atoms with E-state index in [4.69, 9.17) is 16.3 Å². The summed E-state index contributed by atoms with van der Waals surface area (Å²) < 4.78 is 7.57. The molecule has 1 heterocycles. The van der Waals surface area contributed by atoms with Crippen LogP contribution in [0.1, 0.15) is 21.7 Å². The van der Waals surface area contributed by atoms with Crippen LogP contribution in [0.5, 0.6) is 5.75 Å². The Morgan fingerprint density at radius 3 is 2.60 bits per heavy atom. The number of nitro benzene ring substituents is 1. The number of nitro groups is 1. The summed E-state index contributed by atoms with van der Waals surface area (Å²) >= 11 is 6.16. The largest absolute Gasteiger partial charge is 0.486 e. The lowest BCUT2D eigenvalue weighted by atomic mass is 10.1. The maximum Gasteiger partial charge on any atom is 0.293 e. The summed E-state index contributed by atoms with van der Waals surface area (Å²) in [5.41, 5.74) is 1.58. The second-order valence-corrected chi connectivity index (χ2v) is 8.06. The lowest BCUT2D eigenvalue weighted by molar-refractivity contribution is -0.384. The Labute approximate surface area is 206 Å². The van der Waals surface area contributed by atoms with Gasteiger partial charge in [-0.25, -0.2) is 4.98 Å². The molecule has 0 aliphatic heterocycles. The number of benzene rings is 3. The van der Waals surface area contributed by atoms with Gasteiger partial charge in [0.15, 0.2) is 0 Å². The topological polar surface area (TPSA) is 111 Å². The molecular weight excluding hydrogens is 470 g/mol. The van der Waals surface area contributed by atoms with Crippen LogP contribution in [0.3, 0.4) is 0 Å². The summed E-state index contributed by atoms with van der Waals surface area (Å²) in [6.45, 7) is 0.621.